The number of hydrogen-bond donors (Lipinski definition) is 0. The number of hydrogen-bond acceptors (Lipinski definition) is 2. The SMILES string of the molecule is CO[C@@H]1OCCC[C@@H]1Cl. The molecule has 0 saturated carbocycles. The number of alkyl halides is 1. The van der Waals surface area contributed by atoms with Crippen LogP contribution < -0.4 is 0 Å². The summed E-state index contributed by atoms with van der Waals surface area (Å²) in [6, 6.07) is 0. The van der Waals surface area contributed by atoms with Crippen molar-refractivity contribution in [1.29, 1.82) is 0 Å². The molecule has 0 aliphatic carbocycles. The van der Waals surface area contributed by atoms with E-state index >= 15 is 0 Å². The smallest absolute Gasteiger partial charge is 0.173 e. The van der Waals surface area contributed by atoms with E-state index in [2.05, 4.69) is 0 Å². The molecular weight excluding hydrogens is 140 g/mol. The Hall–Kier alpha value is 0.210. The summed E-state index contributed by atoms with van der Waals surface area (Å²) in [5.74, 6) is 0. The summed E-state index contributed by atoms with van der Waals surface area (Å²) in [4.78, 5) is 0. The fraction of sp³-hybridized carbons (Fsp3) is 1.00. The van der Waals surface area contributed by atoms with E-state index in [9.17, 15) is 0 Å². The fourth-order valence-corrected chi connectivity index (χ4v) is 1.26. The lowest BCUT2D eigenvalue weighted by atomic mass is 10.2. The van der Waals surface area contributed by atoms with Gasteiger partial charge in [-0.2, -0.15) is 0 Å². The molecule has 1 heterocycles. The molecule has 0 bridgehead atoms. The van der Waals surface area contributed by atoms with Crippen molar-refractivity contribution >= 4 is 11.6 Å². The summed E-state index contributed by atoms with van der Waals surface area (Å²) in [6.45, 7) is 0.779. The van der Waals surface area contributed by atoms with E-state index in [4.69, 9.17) is 21.1 Å². The van der Waals surface area contributed by atoms with E-state index in [1.54, 1.807) is 7.11 Å². The quantitative estimate of drug-likeness (QED) is 0.526. The molecule has 0 aromatic heterocycles. The molecule has 0 aromatic carbocycles. The van der Waals surface area contributed by atoms with Gasteiger partial charge < -0.3 is 9.47 Å². The van der Waals surface area contributed by atoms with Gasteiger partial charge in [-0.05, 0) is 12.8 Å². The molecule has 0 aromatic rings. The molecular formula is C6H11ClO2. The Morgan fingerprint density at radius 1 is 1.67 bits per heavy atom. The molecule has 0 N–H and O–H groups in total. The van der Waals surface area contributed by atoms with Gasteiger partial charge in [0.1, 0.15) is 0 Å². The van der Waals surface area contributed by atoms with Gasteiger partial charge in [-0.3, -0.25) is 0 Å². The molecule has 3 heteroatoms. The van der Waals surface area contributed by atoms with Crippen molar-refractivity contribution in [2.45, 2.75) is 24.5 Å². The average molecular weight is 151 g/mol. The second-order valence-corrected chi connectivity index (χ2v) is 2.69. The lowest BCUT2D eigenvalue weighted by molar-refractivity contribution is -0.142. The van der Waals surface area contributed by atoms with Crippen LogP contribution in [0.15, 0.2) is 0 Å². The second-order valence-electron chi connectivity index (χ2n) is 2.13. The highest BCUT2D eigenvalue weighted by molar-refractivity contribution is 6.20. The molecule has 0 amide bonds. The van der Waals surface area contributed by atoms with Gasteiger partial charge in [0.25, 0.3) is 0 Å². The van der Waals surface area contributed by atoms with Gasteiger partial charge in [0.05, 0.1) is 5.38 Å². The van der Waals surface area contributed by atoms with E-state index in [-0.39, 0.29) is 11.7 Å². The topological polar surface area (TPSA) is 18.5 Å². The lowest BCUT2D eigenvalue weighted by Gasteiger charge is -2.25. The monoisotopic (exact) mass is 150 g/mol. The van der Waals surface area contributed by atoms with E-state index in [1.165, 1.54) is 0 Å². The summed E-state index contributed by atoms with van der Waals surface area (Å²) >= 11 is 5.83. The van der Waals surface area contributed by atoms with E-state index in [0.717, 1.165) is 19.4 Å². The molecule has 2 nitrogen and oxygen atoms in total. The summed E-state index contributed by atoms with van der Waals surface area (Å²) in [5, 5.41) is 0.0451. The third-order valence-corrected chi connectivity index (χ3v) is 1.86. The molecule has 1 aliphatic rings. The Kier molecular flexibility index (Phi) is 2.76. The van der Waals surface area contributed by atoms with Crippen molar-refractivity contribution < 1.29 is 9.47 Å². The maximum Gasteiger partial charge on any atom is 0.173 e. The van der Waals surface area contributed by atoms with Crippen molar-refractivity contribution in [3.8, 4) is 0 Å². The highest BCUT2D eigenvalue weighted by atomic mass is 35.5. The van der Waals surface area contributed by atoms with Crippen molar-refractivity contribution in [3.05, 3.63) is 0 Å². The third-order valence-electron chi connectivity index (χ3n) is 1.43. The molecule has 9 heavy (non-hydrogen) atoms. The van der Waals surface area contributed by atoms with Crippen LogP contribution in [0.4, 0.5) is 0 Å². The average Bonchev–Trinajstić information content (AvgIpc) is 1.89. The van der Waals surface area contributed by atoms with Crippen molar-refractivity contribution in [3.63, 3.8) is 0 Å². The van der Waals surface area contributed by atoms with Gasteiger partial charge >= 0.3 is 0 Å². The van der Waals surface area contributed by atoms with Crippen LogP contribution in [-0.4, -0.2) is 25.4 Å². The number of methoxy groups -OCH3 is 1. The van der Waals surface area contributed by atoms with Gasteiger partial charge in [-0.25, -0.2) is 0 Å². The Balaban J connectivity index is 2.30. The molecule has 0 spiro atoms. The second kappa shape index (κ2) is 3.40. The van der Waals surface area contributed by atoms with Gasteiger partial charge in [0.15, 0.2) is 6.29 Å². The Morgan fingerprint density at radius 3 is 2.89 bits per heavy atom. The van der Waals surface area contributed by atoms with Gasteiger partial charge in [-0.15, -0.1) is 11.6 Å². The number of ether oxygens (including phenoxy) is 2. The first-order valence-electron chi connectivity index (χ1n) is 3.13. The summed E-state index contributed by atoms with van der Waals surface area (Å²) < 4.78 is 10.1. The fourth-order valence-electron chi connectivity index (χ4n) is 0.934. The van der Waals surface area contributed by atoms with Crippen LogP contribution in [0.2, 0.25) is 0 Å². The van der Waals surface area contributed by atoms with Crippen LogP contribution in [0.5, 0.6) is 0 Å². The van der Waals surface area contributed by atoms with Crippen LogP contribution in [0.1, 0.15) is 12.8 Å². The molecule has 54 valence electrons. The molecule has 2 atom stereocenters. The van der Waals surface area contributed by atoms with Crippen molar-refractivity contribution in [1.82, 2.24) is 0 Å². The normalized spacial score (nSPS) is 36.7. The summed E-state index contributed by atoms with van der Waals surface area (Å²) in [5.41, 5.74) is 0. The largest absolute Gasteiger partial charge is 0.354 e. The van der Waals surface area contributed by atoms with Crippen molar-refractivity contribution in [2.24, 2.45) is 0 Å². The van der Waals surface area contributed by atoms with Crippen molar-refractivity contribution in [2.75, 3.05) is 13.7 Å². The van der Waals surface area contributed by atoms with E-state index in [1.807, 2.05) is 0 Å². The molecule has 1 rings (SSSR count). The zero-order chi connectivity index (χ0) is 6.69. The molecule has 1 saturated heterocycles. The maximum absolute atomic E-state index is 5.83. The van der Waals surface area contributed by atoms with Gasteiger partial charge in [0, 0.05) is 13.7 Å². The minimum Gasteiger partial charge on any atom is -0.354 e. The molecule has 1 aliphatic heterocycles. The van der Waals surface area contributed by atoms with Crippen LogP contribution in [0.25, 0.3) is 0 Å². The van der Waals surface area contributed by atoms with E-state index in [0.29, 0.717) is 0 Å². The minimum absolute atomic E-state index is 0.0451. The van der Waals surface area contributed by atoms with Crippen LogP contribution in [0, 0.1) is 0 Å². The first-order chi connectivity index (χ1) is 4.34. The summed E-state index contributed by atoms with van der Waals surface area (Å²) in [6.07, 6.45) is 1.87. The minimum atomic E-state index is -0.180. The zero-order valence-corrected chi connectivity index (χ0v) is 6.23. The zero-order valence-electron chi connectivity index (χ0n) is 5.47. The lowest BCUT2D eigenvalue weighted by Crippen LogP contribution is -2.31. The predicted molar refractivity (Wildman–Crippen MR) is 35.6 cm³/mol. The maximum atomic E-state index is 5.83. The van der Waals surface area contributed by atoms with Gasteiger partial charge in [-0.1, -0.05) is 0 Å². The number of halogens is 1. The standard InChI is InChI=1S/C6H11ClO2/c1-8-6-5(7)3-2-4-9-6/h5-6H,2-4H2,1H3/t5-,6+/m0/s1. The van der Waals surface area contributed by atoms with Crippen LogP contribution in [-0.2, 0) is 9.47 Å². The summed E-state index contributed by atoms with van der Waals surface area (Å²) in [7, 11) is 1.62. The first-order valence-corrected chi connectivity index (χ1v) is 3.56. The molecule has 0 radical (unpaired) electrons. The third kappa shape index (κ3) is 1.81. The van der Waals surface area contributed by atoms with Crippen LogP contribution in [0.3, 0.4) is 0 Å². The highest BCUT2D eigenvalue weighted by Gasteiger charge is 2.22. The molecule has 0 unspecified atom stereocenters. The predicted octanol–water partition coefficient (Wildman–Crippen LogP) is 1.38. The van der Waals surface area contributed by atoms with E-state index < -0.39 is 0 Å². The Morgan fingerprint density at radius 2 is 2.44 bits per heavy atom. The van der Waals surface area contributed by atoms with Gasteiger partial charge in [0.2, 0.25) is 0 Å². The first kappa shape index (κ1) is 7.32. The number of rotatable bonds is 1. The van der Waals surface area contributed by atoms with Crippen LogP contribution >= 0.6 is 11.6 Å². The Labute approximate surface area is 60.1 Å². The highest BCUT2D eigenvalue weighted by Crippen LogP contribution is 2.19. The Bertz CT molecular complexity index is 87.1. The molecule has 1 fully saturated rings.